The molecular weight excluding hydrogens is 282 g/mol. The maximum Gasteiger partial charge on any atom is 0.187 e. The number of nitrogens with one attached hydrogen (secondary N) is 2. The van der Waals surface area contributed by atoms with Crippen molar-refractivity contribution in [3.63, 3.8) is 0 Å². The van der Waals surface area contributed by atoms with Gasteiger partial charge in [-0.25, -0.2) is 0 Å². The van der Waals surface area contributed by atoms with Crippen LogP contribution in [0.3, 0.4) is 0 Å². The maximum absolute atomic E-state index is 5.51. The number of nitrogens with zero attached hydrogens (tertiary/aromatic N) is 1. The van der Waals surface area contributed by atoms with E-state index in [0.29, 0.717) is 5.11 Å². The molecule has 1 aromatic rings. The summed E-state index contributed by atoms with van der Waals surface area (Å²) in [6, 6.07) is 10.1. The van der Waals surface area contributed by atoms with E-state index in [2.05, 4.69) is 34.1 Å². The summed E-state index contributed by atoms with van der Waals surface area (Å²) in [5.41, 5.74) is 5.02. The third-order valence-electron chi connectivity index (χ3n) is 3.14. The Kier molecular flexibility index (Phi) is 6.37. The molecule has 2 rings (SSSR count). The van der Waals surface area contributed by atoms with E-state index < -0.39 is 0 Å². The van der Waals surface area contributed by atoms with Crippen LogP contribution in [0.4, 0.5) is 0 Å². The van der Waals surface area contributed by atoms with Crippen LogP contribution in [0.5, 0.6) is 0 Å². The summed E-state index contributed by atoms with van der Waals surface area (Å²) in [5.74, 6) is 0. The third kappa shape index (κ3) is 6.06. The van der Waals surface area contributed by atoms with Crippen LogP contribution in [-0.4, -0.2) is 30.6 Å². The van der Waals surface area contributed by atoms with Gasteiger partial charge in [0, 0.05) is 13.2 Å². The lowest BCUT2D eigenvalue weighted by Crippen LogP contribution is -2.37. The summed E-state index contributed by atoms with van der Waals surface area (Å²) >= 11 is 5.16. The maximum atomic E-state index is 5.51. The zero-order valence-corrected chi connectivity index (χ0v) is 13.0. The molecule has 0 bridgehead atoms. The van der Waals surface area contributed by atoms with Crippen LogP contribution in [0.1, 0.15) is 25.3 Å². The van der Waals surface area contributed by atoms with Gasteiger partial charge in [0.25, 0.3) is 0 Å². The monoisotopic (exact) mass is 303 g/mol. The second-order valence-electron chi connectivity index (χ2n) is 5.01. The molecule has 0 amide bonds. The second-order valence-corrected chi connectivity index (χ2v) is 5.42. The number of hydrogen-bond acceptors (Lipinski definition) is 3. The molecule has 112 valence electrons. The van der Waals surface area contributed by atoms with Crippen molar-refractivity contribution in [2.75, 3.05) is 13.2 Å². The summed E-state index contributed by atoms with van der Waals surface area (Å²) in [4.78, 5) is 0. The molecule has 21 heavy (non-hydrogen) atoms. The van der Waals surface area contributed by atoms with E-state index in [1.165, 1.54) is 0 Å². The van der Waals surface area contributed by atoms with Crippen molar-refractivity contribution in [1.29, 1.82) is 0 Å². The largest absolute Gasteiger partial charge is 0.376 e. The fraction of sp³-hybridized carbons (Fsp3) is 0.375. The van der Waals surface area contributed by atoms with Gasteiger partial charge in [-0.05, 0) is 43.1 Å². The standard InChI is InChI=1S/C16H21N3OS/c1-13(10-14-6-3-2-4-7-14)11-18-19-16(21)17-12-15-8-5-9-20-15/h2-4,6-7,10-11,15H,5,8-9,12H2,1H3,(H2,17,19,21)/b13-10+,18-11+. The van der Waals surface area contributed by atoms with E-state index >= 15 is 0 Å². The van der Waals surface area contributed by atoms with Gasteiger partial charge in [-0.1, -0.05) is 36.4 Å². The lowest BCUT2D eigenvalue weighted by molar-refractivity contribution is 0.114. The Balaban J connectivity index is 1.71. The van der Waals surface area contributed by atoms with Gasteiger partial charge in [0.05, 0.1) is 12.3 Å². The number of thiocarbonyl (C=S) groups is 1. The van der Waals surface area contributed by atoms with Gasteiger partial charge in [0.15, 0.2) is 5.11 Å². The smallest absolute Gasteiger partial charge is 0.187 e. The number of allylic oxidation sites excluding steroid dienone is 1. The fourth-order valence-electron chi connectivity index (χ4n) is 2.09. The van der Waals surface area contributed by atoms with Crippen molar-refractivity contribution in [2.24, 2.45) is 5.10 Å². The summed E-state index contributed by atoms with van der Waals surface area (Å²) in [7, 11) is 0. The van der Waals surface area contributed by atoms with Gasteiger partial charge in [0.1, 0.15) is 0 Å². The molecule has 1 unspecified atom stereocenters. The molecule has 0 saturated carbocycles. The molecule has 1 saturated heterocycles. The van der Waals surface area contributed by atoms with Crippen LogP contribution in [0.25, 0.3) is 6.08 Å². The van der Waals surface area contributed by atoms with Gasteiger partial charge in [0.2, 0.25) is 0 Å². The van der Waals surface area contributed by atoms with Gasteiger partial charge >= 0.3 is 0 Å². The first-order valence-corrected chi connectivity index (χ1v) is 7.57. The second kappa shape index (κ2) is 8.54. The topological polar surface area (TPSA) is 45.7 Å². The predicted molar refractivity (Wildman–Crippen MR) is 91.3 cm³/mol. The minimum atomic E-state index is 0.272. The highest BCUT2D eigenvalue weighted by Gasteiger charge is 2.14. The fourth-order valence-corrected chi connectivity index (χ4v) is 2.23. The summed E-state index contributed by atoms with van der Waals surface area (Å²) < 4.78 is 5.51. The molecule has 0 aromatic heterocycles. The highest BCUT2D eigenvalue weighted by molar-refractivity contribution is 7.80. The van der Waals surface area contributed by atoms with E-state index in [-0.39, 0.29) is 6.10 Å². The van der Waals surface area contributed by atoms with Crippen LogP contribution in [0.2, 0.25) is 0 Å². The number of ether oxygens (including phenoxy) is 1. The Morgan fingerprint density at radius 2 is 2.24 bits per heavy atom. The molecule has 0 spiro atoms. The van der Waals surface area contributed by atoms with Gasteiger partial charge < -0.3 is 10.1 Å². The number of hydrogen-bond donors (Lipinski definition) is 2. The molecule has 0 radical (unpaired) electrons. The summed E-state index contributed by atoms with van der Waals surface area (Å²) in [5, 5.41) is 7.76. The van der Waals surface area contributed by atoms with Crippen molar-refractivity contribution < 1.29 is 4.74 Å². The molecule has 1 heterocycles. The van der Waals surface area contributed by atoms with Crippen LogP contribution in [-0.2, 0) is 4.74 Å². The predicted octanol–water partition coefficient (Wildman–Crippen LogP) is 2.72. The Morgan fingerprint density at radius 3 is 2.95 bits per heavy atom. The molecule has 5 heteroatoms. The molecule has 1 aliphatic rings. The van der Waals surface area contributed by atoms with Crippen LogP contribution >= 0.6 is 12.2 Å². The van der Waals surface area contributed by atoms with Crippen LogP contribution < -0.4 is 10.7 Å². The molecule has 1 atom stereocenters. The lowest BCUT2D eigenvalue weighted by atomic mass is 10.1. The number of rotatable bonds is 5. The van der Waals surface area contributed by atoms with E-state index in [4.69, 9.17) is 17.0 Å². The van der Waals surface area contributed by atoms with Crippen molar-refractivity contribution in [1.82, 2.24) is 10.7 Å². The number of hydrazone groups is 1. The Labute approximate surface area is 131 Å². The van der Waals surface area contributed by atoms with Crippen molar-refractivity contribution >= 4 is 29.6 Å². The van der Waals surface area contributed by atoms with E-state index in [1.54, 1.807) is 6.21 Å². The average Bonchev–Trinajstić information content (AvgIpc) is 2.99. The summed E-state index contributed by atoms with van der Waals surface area (Å²) in [6.07, 6.45) is 6.32. The normalized spacial score (nSPS) is 18.9. The Hall–Kier alpha value is -1.72. The molecule has 1 aromatic carbocycles. The number of benzene rings is 1. The van der Waals surface area contributed by atoms with Crippen LogP contribution in [0, 0.1) is 0 Å². The van der Waals surface area contributed by atoms with Gasteiger partial charge in [-0.15, -0.1) is 0 Å². The average molecular weight is 303 g/mol. The van der Waals surface area contributed by atoms with E-state index in [9.17, 15) is 0 Å². The highest BCUT2D eigenvalue weighted by atomic mass is 32.1. The zero-order valence-electron chi connectivity index (χ0n) is 12.2. The molecule has 4 nitrogen and oxygen atoms in total. The SMILES string of the molecule is CC(/C=N/NC(=S)NCC1CCCO1)=C\c1ccccc1. The third-order valence-corrected chi connectivity index (χ3v) is 3.38. The molecule has 1 fully saturated rings. The molecule has 0 aliphatic carbocycles. The first-order chi connectivity index (χ1) is 10.2. The first-order valence-electron chi connectivity index (χ1n) is 7.16. The van der Waals surface area contributed by atoms with Gasteiger partial charge in [-0.2, -0.15) is 5.10 Å². The van der Waals surface area contributed by atoms with E-state index in [1.807, 2.05) is 25.1 Å². The minimum Gasteiger partial charge on any atom is -0.376 e. The molecule has 1 aliphatic heterocycles. The first kappa shape index (κ1) is 15.7. The molecular formula is C16H21N3OS. The van der Waals surface area contributed by atoms with Crippen LogP contribution in [0.15, 0.2) is 41.0 Å². The quantitative estimate of drug-likeness (QED) is 0.499. The lowest BCUT2D eigenvalue weighted by Gasteiger charge is -2.11. The summed E-state index contributed by atoms with van der Waals surface area (Å²) in [6.45, 7) is 3.59. The van der Waals surface area contributed by atoms with Crippen molar-refractivity contribution in [3.8, 4) is 0 Å². The van der Waals surface area contributed by atoms with Crippen molar-refractivity contribution in [2.45, 2.75) is 25.9 Å². The Morgan fingerprint density at radius 1 is 1.43 bits per heavy atom. The van der Waals surface area contributed by atoms with E-state index in [0.717, 1.165) is 37.1 Å². The zero-order chi connectivity index (χ0) is 14.9. The van der Waals surface area contributed by atoms with Gasteiger partial charge in [-0.3, -0.25) is 5.43 Å². The highest BCUT2D eigenvalue weighted by Crippen LogP contribution is 2.10. The molecule has 2 N–H and O–H groups in total. The van der Waals surface area contributed by atoms with Crippen molar-refractivity contribution in [3.05, 3.63) is 41.5 Å². The minimum absolute atomic E-state index is 0.272. The Bertz CT molecular complexity index is 508.